The Balaban J connectivity index is 1.72. The summed E-state index contributed by atoms with van der Waals surface area (Å²) >= 11 is 0. The lowest BCUT2D eigenvalue weighted by Gasteiger charge is -2.41. The van der Waals surface area contributed by atoms with Crippen molar-refractivity contribution in [1.29, 1.82) is 0 Å². The lowest BCUT2D eigenvalue weighted by atomic mass is 9.92. The number of piperidine rings is 1. The highest BCUT2D eigenvalue weighted by molar-refractivity contribution is 5.24. The van der Waals surface area contributed by atoms with E-state index in [4.69, 9.17) is 0 Å². The van der Waals surface area contributed by atoms with Gasteiger partial charge in [-0.25, -0.2) is 0 Å². The molecule has 0 saturated carbocycles. The van der Waals surface area contributed by atoms with Crippen LogP contribution in [0.5, 0.6) is 0 Å². The summed E-state index contributed by atoms with van der Waals surface area (Å²) in [5.41, 5.74) is 0.344. The van der Waals surface area contributed by atoms with Crippen LogP contribution in [0, 0.1) is 5.92 Å². The van der Waals surface area contributed by atoms with Crippen molar-refractivity contribution in [3.05, 3.63) is 0 Å². The molecule has 2 aliphatic rings. The van der Waals surface area contributed by atoms with E-state index in [1.165, 1.54) is 45.4 Å². The largest absolute Gasteiger partial charge is 0.301 e. The maximum Gasteiger partial charge on any atom is 0.0631 e. The standard InChI is InChI=1S/C15H29N3/c1-15(2,3)18-9-5-13(6-10-18)11-17-8-7-14(12-17)16-4/h13-14H,4-12H2,1-3H3. The van der Waals surface area contributed by atoms with Crippen molar-refractivity contribution in [1.82, 2.24) is 9.80 Å². The molecule has 1 atom stereocenters. The molecule has 0 aromatic rings. The number of rotatable bonds is 3. The smallest absolute Gasteiger partial charge is 0.0631 e. The van der Waals surface area contributed by atoms with Crippen LogP contribution in [-0.4, -0.2) is 60.8 Å². The van der Waals surface area contributed by atoms with Gasteiger partial charge in [-0.15, -0.1) is 0 Å². The van der Waals surface area contributed by atoms with E-state index in [0.717, 1.165) is 12.5 Å². The van der Waals surface area contributed by atoms with E-state index in [0.29, 0.717) is 11.6 Å². The molecule has 1 unspecified atom stereocenters. The number of aliphatic imine (C=N–C) groups is 1. The van der Waals surface area contributed by atoms with Crippen LogP contribution >= 0.6 is 0 Å². The molecular formula is C15H29N3. The second kappa shape index (κ2) is 5.70. The molecule has 2 saturated heterocycles. The Kier molecular flexibility index (Phi) is 4.44. The Morgan fingerprint density at radius 3 is 2.28 bits per heavy atom. The first-order chi connectivity index (χ1) is 8.49. The Morgan fingerprint density at radius 1 is 1.11 bits per heavy atom. The molecule has 0 aromatic heterocycles. The summed E-state index contributed by atoms with van der Waals surface area (Å²) in [5.74, 6) is 0.896. The van der Waals surface area contributed by atoms with Gasteiger partial charge in [-0.2, -0.15) is 0 Å². The second-order valence-electron chi connectivity index (χ2n) is 6.99. The van der Waals surface area contributed by atoms with Crippen molar-refractivity contribution < 1.29 is 0 Å². The van der Waals surface area contributed by atoms with E-state index in [2.05, 4.69) is 42.3 Å². The Labute approximate surface area is 112 Å². The van der Waals surface area contributed by atoms with E-state index in [9.17, 15) is 0 Å². The summed E-state index contributed by atoms with van der Waals surface area (Å²) in [6, 6.07) is 0.500. The summed E-state index contributed by atoms with van der Waals surface area (Å²) in [5, 5.41) is 0. The molecule has 0 spiro atoms. The third-order valence-electron chi connectivity index (χ3n) is 4.59. The predicted molar refractivity (Wildman–Crippen MR) is 78.4 cm³/mol. The van der Waals surface area contributed by atoms with Gasteiger partial charge in [0.2, 0.25) is 0 Å². The van der Waals surface area contributed by atoms with Crippen molar-refractivity contribution >= 4 is 6.72 Å². The lowest BCUT2D eigenvalue weighted by molar-refractivity contribution is 0.0773. The van der Waals surface area contributed by atoms with Gasteiger partial charge in [0.1, 0.15) is 0 Å². The summed E-state index contributed by atoms with van der Waals surface area (Å²) in [4.78, 5) is 9.40. The number of hydrogen-bond acceptors (Lipinski definition) is 3. The molecule has 0 radical (unpaired) electrons. The summed E-state index contributed by atoms with van der Waals surface area (Å²) in [6.07, 6.45) is 3.93. The zero-order chi connectivity index (χ0) is 13.2. The van der Waals surface area contributed by atoms with Crippen LogP contribution in [0.3, 0.4) is 0 Å². The Hall–Kier alpha value is -0.410. The summed E-state index contributed by atoms with van der Waals surface area (Å²) in [6.45, 7) is 16.8. The minimum absolute atomic E-state index is 0.344. The minimum Gasteiger partial charge on any atom is -0.301 e. The minimum atomic E-state index is 0.344. The molecule has 0 aromatic carbocycles. The van der Waals surface area contributed by atoms with Gasteiger partial charge in [0.25, 0.3) is 0 Å². The fourth-order valence-electron chi connectivity index (χ4n) is 3.28. The number of likely N-dealkylation sites (tertiary alicyclic amines) is 2. The fourth-order valence-corrected chi connectivity index (χ4v) is 3.28. The molecule has 2 rings (SSSR count). The molecule has 18 heavy (non-hydrogen) atoms. The van der Waals surface area contributed by atoms with Crippen LogP contribution in [0.25, 0.3) is 0 Å². The highest BCUT2D eigenvalue weighted by Crippen LogP contribution is 2.25. The molecule has 104 valence electrons. The molecule has 0 amide bonds. The van der Waals surface area contributed by atoms with Crippen LogP contribution in [-0.2, 0) is 0 Å². The average Bonchev–Trinajstić information content (AvgIpc) is 2.76. The lowest BCUT2D eigenvalue weighted by Crippen LogP contribution is -2.47. The van der Waals surface area contributed by atoms with Crippen LogP contribution in [0.15, 0.2) is 4.99 Å². The topological polar surface area (TPSA) is 18.8 Å². The first-order valence-corrected chi connectivity index (χ1v) is 7.42. The van der Waals surface area contributed by atoms with Crippen LogP contribution in [0.2, 0.25) is 0 Å². The SMILES string of the molecule is C=NC1CCN(CC2CCN(C(C)(C)C)CC2)C1. The molecule has 3 nitrogen and oxygen atoms in total. The summed E-state index contributed by atoms with van der Waals surface area (Å²) in [7, 11) is 0. The van der Waals surface area contributed by atoms with E-state index in [1.54, 1.807) is 0 Å². The van der Waals surface area contributed by atoms with Crippen LogP contribution in [0.4, 0.5) is 0 Å². The van der Waals surface area contributed by atoms with E-state index >= 15 is 0 Å². The molecular weight excluding hydrogens is 222 g/mol. The zero-order valence-corrected chi connectivity index (χ0v) is 12.4. The Morgan fingerprint density at radius 2 is 1.78 bits per heavy atom. The predicted octanol–water partition coefficient (Wildman–Crippen LogP) is 2.27. The zero-order valence-electron chi connectivity index (χ0n) is 12.4. The van der Waals surface area contributed by atoms with Crippen LogP contribution in [0.1, 0.15) is 40.0 Å². The maximum atomic E-state index is 4.18. The normalized spacial score (nSPS) is 28.7. The van der Waals surface area contributed by atoms with E-state index in [-0.39, 0.29) is 0 Å². The van der Waals surface area contributed by atoms with Crippen molar-refractivity contribution in [3.63, 3.8) is 0 Å². The third kappa shape index (κ3) is 3.55. The van der Waals surface area contributed by atoms with Gasteiger partial charge in [-0.3, -0.25) is 9.89 Å². The molecule has 2 aliphatic heterocycles. The first kappa shape index (κ1) is 14.0. The van der Waals surface area contributed by atoms with E-state index in [1.807, 2.05) is 0 Å². The quantitative estimate of drug-likeness (QED) is 0.717. The molecule has 0 aliphatic carbocycles. The fraction of sp³-hybridized carbons (Fsp3) is 0.933. The average molecular weight is 251 g/mol. The molecule has 2 heterocycles. The van der Waals surface area contributed by atoms with Gasteiger partial charge in [0.15, 0.2) is 0 Å². The number of hydrogen-bond donors (Lipinski definition) is 0. The second-order valence-corrected chi connectivity index (χ2v) is 6.99. The maximum absolute atomic E-state index is 4.18. The van der Waals surface area contributed by atoms with Crippen molar-refractivity contribution in [2.24, 2.45) is 10.9 Å². The highest BCUT2D eigenvalue weighted by Gasteiger charge is 2.29. The molecule has 2 fully saturated rings. The van der Waals surface area contributed by atoms with Gasteiger partial charge < -0.3 is 4.90 Å². The van der Waals surface area contributed by atoms with Crippen molar-refractivity contribution in [2.75, 3.05) is 32.7 Å². The van der Waals surface area contributed by atoms with Gasteiger partial charge >= 0.3 is 0 Å². The van der Waals surface area contributed by atoms with Gasteiger partial charge in [0.05, 0.1) is 6.04 Å². The first-order valence-electron chi connectivity index (χ1n) is 7.42. The van der Waals surface area contributed by atoms with Crippen LogP contribution < -0.4 is 0 Å². The molecule has 0 bridgehead atoms. The Bertz CT molecular complexity index is 274. The van der Waals surface area contributed by atoms with Crippen molar-refractivity contribution in [2.45, 2.75) is 51.6 Å². The molecule has 3 heteroatoms. The summed E-state index contributed by atoms with van der Waals surface area (Å²) < 4.78 is 0. The highest BCUT2D eigenvalue weighted by atomic mass is 15.2. The monoisotopic (exact) mass is 251 g/mol. The third-order valence-corrected chi connectivity index (χ3v) is 4.59. The van der Waals surface area contributed by atoms with E-state index < -0.39 is 0 Å². The van der Waals surface area contributed by atoms with Gasteiger partial charge in [-0.05, 0) is 65.8 Å². The van der Waals surface area contributed by atoms with Gasteiger partial charge in [0, 0.05) is 25.2 Å². The van der Waals surface area contributed by atoms with Crippen molar-refractivity contribution in [3.8, 4) is 0 Å². The van der Waals surface area contributed by atoms with Gasteiger partial charge in [-0.1, -0.05) is 0 Å². The molecule has 0 N–H and O–H groups in total. The number of nitrogens with zero attached hydrogens (tertiary/aromatic N) is 3.